The molecule has 0 saturated carbocycles. The Kier molecular flexibility index (Phi) is 7.76. The van der Waals surface area contributed by atoms with Gasteiger partial charge in [-0.3, -0.25) is 10.1 Å². The highest BCUT2D eigenvalue weighted by Gasteiger charge is 2.42. The van der Waals surface area contributed by atoms with Gasteiger partial charge < -0.3 is 14.8 Å². The number of nitrogens with zero attached hydrogens (tertiary/aromatic N) is 1. The molecule has 3 rings (SSSR count). The van der Waals surface area contributed by atoms with Crippen LogP contribution in [-0.4, -0.2) is 24.1 Å². The SMILES string of the molecule is CC1=C(C(=O)OCCCc2ccccc2)C(c2ccccc2OC(F)F)C([N+](=O)[O-])=C(C)N1. The van der Waals surface area contributed by atoms with Crippen molar-refractivity contribution in [1.82, 2.24) is 5.32 Å². The van der Waals surface area contributed by atoms with Gasteiger partial charge in [-0.05, 0) is 38.3 Å². The number of aryl methyl sites for hydroxylation is 1. The molecule has 1 aliphatic rings. The molecule has 174 valence electrons. The summed E-state index contributed by atoms with van der Waals surface area (Å²) in [6.07, 6.45) is 1.25. The first-order valence-electron chi connectivity index (χ1n) is 10.4. The van der Waals surface area contributed by atoms with Crippen molar-refractivity contribution in [2.45, 2.75) is 39.2 Å². The maximum atomic E-state index is 13.1. The molecule has 1 heterocycles. The summed E-state index contributed by atoms with van der Waals surface area (Å²) in [5.74, 6) is -2.23. The van der Waals surface area contributed by atoms with Crippen LogP contribution in [0, 0.1) is 10.1 Å². The predicted molar refractivity (Wildman–Crippen MR) is 117 cm³/mol. The Morgan fingerprint density at radius 3 is 2.42 bits per heavy atom. The smallest absolute Gasteiger partial charge is 0.387 e. The van der Waals surface area contributed by atoms with E-state index in [1.54, 1.807) is 13.0 Å². The predicted octanol–water partition coefficient (Wildman–Crippen LogP) is 4.93. The van der Waals surface area contributed by atoms with Crippen molar-refractivity contribution in [1.29, 1.82) is 0 Å². The minimum absolute atomic E-state index is 0.0164. The molecule has 0 saturated heterocycles. The Morgan fingerprint density at radius 1 is 1.09 bits per heavy atom. The maximum Gasteiger partial charge on any atom is 0.387 e. The molecule has 1 atom stereocenters. The number of hydrogen-bond donors (Lipinski definition) is 1. The number of esters is 1. The van der Waals surface area contributed by atoms with E-state index in [1.807, 2.05) is 30.3 Å². The van der Waals surface area contributed by atoms with Crippen molar-refractivity contribution in [3.8, 4) is 5.75 Å². The summed E-state index contributed by atoms with van der Waals surface area (Å²) in [4.78, 5) is 24.4. The Labute approximate surface area is 189 Å². The zero-order valence-corrected chi connectivity index (χ0v) is 18.2. The second-order valence-electron chi connectivity index (χ2n) is 7.51. The van der Waals surface area contributed by atoms with Gasteiger partial charge in [0.1, 0.15) is 11.7 Å². The van der Waals surface area contributed by atoms with Gasteiger partial charge in [0.15, 0.2) is 0 Å². The van der Waals surface area contributed by atoms with Crippen LogP contribution in [0.5, 0.6) is 5.75 Å². The van der Waals surface area contributed by atoms with Gasteiger partial charge >= 0.3 is 12.6 Å². The van der Waals surface area contributed by atoms with Crippen LogP contribution in [-0.2, 0) is 16.0 Å². The van der Waals surface area contributed by atoms with Crippen LogP contribution in [0.4, 0.5) is 8.78 Å². The van der Waals surface area contributed by atoms with Crippen LogP contribution in [0.1, 0.15) is 37.3 Å². The number of rotatable bonds is 9. The highest BCUT2D eigenvalue weighted by Crippen LogP contribution is 2.42. The fraction of sp³-hybridized carbons (Fsp3) is 0.292. The Morgan fingerprint density at radius 2 is 1.76 bits per heavy atom. The van der Waals surface area contributed by atoms with Crippen LogP contribution in [0.3, 0.4) is 0 Å². The van der Waals surface area contributed by atoms with Crippen molar-refractivity contribution in [2.75, 3.05) is 6.61 Å². The molecule has 0 aromatic heterocycles. The van der Waals surface area contributed by atoms with Crippen molar-refractivity contribution >= 4 is 5.97 Å². The number of hydrogen-bond acceptors (Lipinski definition) is 6. The van der Waals surface area contributed by atoms with Gasteiger partial charge in [-0.1, -0.05) is 48.5 Å². The maximum absolute atomic E-state index is 13.1. The van der Waals surface area contributed by atoms with E-state index in [2.05, 4.69) is 10.1 Å². The Bertz CT molecular complexity index is 1080. The molecule has 0 aliphatic carbocycles. The second kappa shape index (κ2) is 10.7. The first-order valence-corrected chi connectivity index (χ1v) is 10.4. The number of ether oxygens (including phenoxy) is 2. The van der Waals surface area contributed by atoms with Crippen LogP contribution in [0.2, 0.25) is 0 Å². The Hall–Kier alpha value is -3.75. The highest BCUT2D eigenvalue weighted by atomic mass is 19.3. The fourth-order valence-electron chi connectivity index (χ4n) is 3.88. The third-order valence-corrected chi connectivity index (χ3v) is 5.27. The molecule has 0 amide bonds. The van der Waals surface area contributed by atoms with E-state index in [9.17, 15) is 23.7 Å². The van der Waals surface area contributed by atoms with E-state index < -0.39 is 23.4 Å². The number of benzene rings is 2. The molecule has 9 heteroatoms. The molecule has 0 bridgehead atoms. The topological polar surface area (TPSA) is 90.7 Å². The van der Waals surface area contributed by atoms with E-state index in [4.69, 9.17) is 4.74 Å². The molecule has 1 unspecified atom stereocenters. The third kappa shape index (κ3) is 5.74. The van der Waals surface area contributed by atoms with Crippen LogP contribution >= 0.6 is 0 Å². The summed E-state index contributed by atoms with van der Waals surface area (Å²) < 4.78 is 36.0. The van der Waals surface area contributed by atoms with Crippen molar-refractivity contribution < 1.29 is 28.0 Å². The lowest BCUT2D eigenvalue weighted by molar-refractivity contribution is -0.431. The van der Waals surface area contributed by atoms with Gasteiger partial charge in [-0.25, -0.2) is 4.79 Å². The van der Waals surface area contributed by atoms with Gasteiger partial charge in [0.05, 0.1) is 22.8 Å². The number of allylic oxidation sites excluding steroid dienone is 3. The highest BCUT2D eigenvalue weighted by molar-refractivity contribution is 5.92. The lowest BCUT2D eigenvalue weighted by Gasteiger charge is -2.27. The first kappa shape index (κ1) is 23.9. The molecule has 1 aliphatic heterocycles. The van der Waals surface area contributed by atoms with Crippen molar-refractivity contribution in [3.05, 3.63) is 98.5 Å². The van der Waals surface area contributed by atoms with Crippen molar-refractivity contribution in [2.24, 2.45) is 0 Å². The number of nitrogens with one attached hydrogen (secondary N) is 1. The molecular formula is C24H24F2N2O5. The quantitative estimate of drug-likeness (QED) is 0.248. The normalized spacial score (nSPS) is 16.0. The molecule has 0 spiro atoms. The molecule has 7 nitrogen and oxygen atoms in total. The standard InChI is InChI=1S/C24H24F2N2O5/c1-15-20(23(29)32-14-8-11-17-9-4-3-5-10-17)21(22(28(30)31)16(2)27-15)18-12-6-7-13-19(18)33-24(25)26/h3-7,9-10,12-13,21,24,27H,8,11,14H2,1-2H3. The number of nitro groups is 1. The van der Waals surface area contributed by atoms with Gasteiger partial charge in [-0.15, -0.1) is 0 Å². The summed E-state index contributed by atoms with van der Waals surface area (Å²) in [6, 6.07) is 15.4. The van der Waals surface area contributed by atoms with E-state index in [0.29, 0.717) is 18.5 Å². The molecule has 0 radical (unpaired) electrons. The first-order chi connectivity index (χ1) is 15.8. The zero-order valence-electron chi connectivity index (χ0n) is 18.2. The number of alkyl halides is 2. The van der Waals surface area contributed by atoms with E-state index in [0.717, 1.165) is 5.56 Å². The summed E-state index contributed by atoms with van der Waals surface area (Å²) in [5.41, 5.74) is 1.38. The summed E-state index contributed by atoms with van der Waals surface area (Å²) in [7, 11) is 0. The average molecular weight is 458 g/mol. The van der Waals surface area contributed by atoms with E-state index in [-0.39, 0.29) is 34.9 Å². The van der Waals surface area contributed by atoms with Crippen molar-refractivity contribution in [3.63, 3.8) is 0 Å². The monoisotopic (exact) mass is 458 g/mol. The van der Waals surface area contributed by atoms with Gasteiger partial charge in [-0.2, -0.15) is 8.78 Å². The number of carbonyl (C=O) groups excluding carboxylic acids is 1. The lowest BCUT2D eigenvalue weighted by atomic mass is 9.83. The Balaban J connectivity index is 1.89. The minimum Gasteiger partial charge on any atom is -0.462 e. The minimum atomic E-state index is -3.13. The lowest BCUT2D eigenvalue weighted by Crippen LogP contribution is -2.32. The number of halogens is 2. The summed E-state index contributed by atoms with van der Waals surface area (Å²) >= 11 is 0. The number of para-hydroxylation sites is 1. The zero-order chi connectivity index (χ0) is 24.0. The van der Waals surface area contributed by atoms with Gasteiger partial charge in [0.2, 0.25) is 0 Å². The van der Waals surface area contributed by atoms with E-state index >= 15 is 0 Å². The third-order valence-electron chi connectivity index (χ3n) is 5.27. The van der Waals surface area contributed by atoms with Crippen LogP contribution < -0.4 is 10.1 Å². The molecular weight excluding hydrogens is 434 g/mol. The summed E-state index contributed by atoms with van der Waals surface area (Å²) in [5, 5.41) is 14.8. The molecule has 33 heavy (non-hydrogen) atoms. The second-order valence-corrected chi connectivity index (χ2v) is 7.51. The van der Waals surface area contributed by atoms with Gasteiger partial charge in [0, 0.05) is 11.3 Å². The van der Waals surface area contributed by atoms with Crippen LogP contribution in [0.25, 0.3) is 0 Å². The largest absolute Gasteiger partial charge is 0.462 e. The average Bonchev–Trinajstić information content (AvgIpc) is 2.76. The van der Waals surface area contributed by atoms with E-state index in [1.165, 1.54) is 25.1 Å². The molecule has 2 aromatic carbocycles. The van der Waals surface area contributed by atoms with Gasteiger partial charge in [0.25, 0.3) is 5.70 Å². The molecule has 0 fully saturated rings. The number of dihydropyridines is 1. The molecule has 2 aromatic rings. The fourth-order valence-corrected chi connectivity index (χ4v) is 3.88. The molecule has 1 N–H and O–H groups in total. The number of carbonyl (C=O) groups is 1. The summed E-state index contributed by atoms with van der Waals surface area (Å²) in [6.45, 7) is 0.0518. The van der Waals surface area contributed by atoms with Crippen LogP contribution in [0.15, 0.2) is 77.3 Å².